The highest BCUT2D eigenvalue weighted by Crippen LogP contribution is 2.40. The Morgan fingerprint density at radius 2 is 1.91 bits per heavy atom. The van der Waals surface area contributed by atoms with Gasteiger partial charge in [0.25, 0.3) is 5.91 Å². The fraction of sp³-hybridized carbons (Fsp3) is 0.200. The molecule has 1 amide bonds. The molecule has 1 aliphatic rings. The Kier molecular flexibility index (Phi) is 3.27. The number of hydrogen-bond acceptors (Lipinski definition) is 3. The van der Waals surface area contributed by atoms with Crippen molar-refractivity contribution in [3.05, 3.63) is 58.8 Å². The second-order valence-corrected chi connectivity index (χ2v) is 4.87. The standard InChI is InChI=1S/C15H12F3N3O/c1-19-11-7-3-6-10(20-11)13-12-8(14(22)21-13)4-2-5-9(12)15(16,17)18/h2-7,13H,1H3,(H,19,20)(H,21,22). The van der Waals surface area contributed by atoms with E-state index in [1.165, 1.54) is 12.1 Å². The molecule has 0 saturated heterocycles. The molecule has 2 N–H and O–H groups in total. The first-order valence-corrected chi connectivity index (χ1v) is 6.57. The van der Waals surface area contributed by atoms with Gasteiger partial charge in [-0.3, -0.25) is 4.79 Å². The number of alkyl halides is 3. The fourth-order valence-electron chi connectivity index (χ4n) is 2.58. The lowest BCUT2D eigenvalue weighted by atomic mass is 9.95. The van der Waals surface area contributed by atoms with E-state index < -0.39 is 23.7 Å². The predicted molar refractivity (Wildman–Crippen MR) is 74.5 cm³/mol. The number of benzene rings is 1. The number of rotatable bonds is 2. The summed E-state index contributed by atoms with van der Waals surface area (Å²) in [6.07, 6.45) is -4.53. The zero-order valence-corrected chi connectivity index (χ0v) is 11.5. The van der Waals surface area contributed by atoms with Crippen LogP contribution in [0.25, 0.3) is 0 Å². The fourth-order valence-corrected chi connectivity index (χ4v) is 2.58. The van der Waals surface area contributed by atoms with Gasteiger partial charge in [0.2, 0.25) is 0 Å². The molecule has 0 spiro atoms. The van der Waals surface area contributed by atoms with E-state index >= 15 is 0 Å². The number of halogens is 3. The van der Waals surface area contributed by atoms with Crippen LogP contribution in [0, 0.1) is 0 Å². The Balaban J connectivity index is 2.17. The number of anilines is 1. The highest BCUT2D eigenvalue weighted by Gasteiger charge is 2.41. The van der Waals surface area contributed by atoms with E-state index in [1.54, 1.807) is 25.2 Å². The predicted octanol–water partition coefficient (Wildman–Crippen LogP) is 2.97. The Hall–Kier alpha value is -2.57. The van der Waals surface area contributed by atoms with E-state index in [4.69, 9.17) is 0 Å². The van der Waals surface area contributed by atoms with Crippen molar-refractivity contribution >= 4 is 11.7 Å². The third kappa shape index (κ3) is 2.28. The maximum absolute atomic E-state index is 13.2. The summed E-state index contributed by atoms with van der Waals surface area (Å²) in [5.74, 6) is -0.00699. The van der Waals surface area contributed by atoms with Crippen LogP contribution in [0.5, 0.6) is 0 Å². The van der Waals surface area contributed by atoms with Gasteiger partial charge >= 0.3 is 6.18 Å². The minimum Gasteiger partial charge on any atom is -0.373 e. The third-order valence-corrected chi connectivity index (χ3v) is 3.54. The van der Waals surface area contributed by atoms with Gasteiger partial charge in [-0.1, -0.05) is 12.1 Å². The van der Waals surface area contributed by atoms with Gasteiger partial charge in [0, 0.05) is 18.2 Å². The Morgan fingerprint density at radius 1 is 1.18 bits per heavy atom. The first kappa shape index (κ1) is 14.4. The number of pyridine rings is 1. The van der Waals surface area contributed by atoms with Crippen LogP contribution in [0.2, 0.25) is 0 Å². The number of carbonyl (C=O) groups is 1. The van der Waals surface area contributed by atoms with Crippen molar-refractivity contribution in [3.63, 3.8) is 0 Å². The minimum atomic E-state index is -4.53. The van der Waals surface area contributed by atoms with E-state index in [0.717, 1.165) is 6.07 Å². The summed E-state index contributed by atoms with van der Waals surface area (Å²) in [7, 11) is 1.66. The molecule has 0 bridgehead atoms. The number of fused-ring (bicyclic) bond motifs is 1. The molecular weight excluding hydrogens is 295 g/mol. The van der Waals surface area contributed by atoms with Gasteiger partial charge in [0.15, 0.2) is 0 Å². The lowest BCUT2D eigenvalue weighted by molar-refractivity contribution is -0.138. The van der Waals surface area contributed by atoms with Gasteiger partial charge in [0.1, 0.15) is 5.82 Å². The summed E-state index contributed by atoms with van der Waals surface area (Å²) in [5, 5.41) is 5.40. The third-order valence-electron chi connectivity index (χ3n) is 3.54. The highest BCUT2D eigenvalue weighted by molar-refractivity contribution is 6.00. The average molecular weight is 307 g/mol. The van der Waals surface area contributed by atoms with E-state index in [9.17, 15) is 18.0 Å². The molecule has 1 atom stereocenters. The van der Waals surface area contributed by atoms with Crippen LogP contribution in [-0.4, -0.2) is 17.9 Å². The molecule has 114 valence electrons. The summed E-state index contributed by atoms with van der Waals surface area (Å²) >= 11 is 0. The summed E-state index contributed by atoms with van der Waals surface area (Å²) < 4.78 is 39.7. The number of aromatic nitrogens is 1. The zero-order valence-electron chi connectivity index (χ0n) is 11.5. The van der Waals surface area contributed by atoms with Crippen LogP contribution in [0.4, 0.5) is 19.0 Å². The monoisotopic (exact) mass is 307 g/mol. The van der Waals surface area contributed by atoms with Crippen molar-refractivity contribution in [2.45, 2.75) is 12.2 Å². The first-order valence-electron chi connectivity index (χ1n) is 6.57. The highest BCUT2D eigenvalue weighted by atomic mass is 19.4. The largest absolute Gasteiger partial charge is 0.416 e. The van der Waals surface area contributed by atoms with E-state index in [-0.39, 0.29) is 11.1 Å². The molecule has 22 heavy (non-hydrogen) atoms. The van der Waals surface area contributed by atoms with Gasteiger partial charge in [-0.2, -0.15) is 13.2 Å². The van der Waals surface area contributed by atoms with E-state index in [2.05, 4.69) is 15.6 Å². The maximum atomic E-state index is 13.2. The van der Waals surface area contributed by atoms with Crippen molar-refractivity contribution in [1.82, 2.24) is 10.3 Å². The van der Waals surface area contributed by atoms with Crippen LogP contribution in [0.3, 0.4) is 0 Å². The quantitative estimate of drug-likeness (QED) is 0.897. The van der Waals surface area contributed by atoms with Crippen molar-refractivity contribution < 1.29 is 18.0 Å². The van der Waals surface area contributed by atoms with Gasteiger partial charge in [-0.05, 0) is 24.3 Å². The number of nitrogens with zero attached hydrogens (tertiary/aromatic N) is 1. The minimum absolute atomic E-state index is 0.0384. The van der Waals surface area contributed by atoms with Crippen LogP contribution < -0.4 is 10.6 Å². The average Bonchev–Trinajstić information content (AvgIpc) is 2.84. The summed E-state index contributed by atoms with van der Waals surface area (Å²) in [5.41, 5.74) is -0.488. The maximum Gasteiger partial charge on any atom is 0.416 e. The normalized spacial score (nSPS) is 17.1. The van der Waals surface area contributed by atoms with Gasteiger partial charge in [-0.25, -0.2) is 4.98 Å². The molecule has 1 unspecified atom stereocenters. The second kappa shape index (κ2) is 5.01. The molecule has 0 radical (unpaired) electrons. The molecule has 4 nitrogen and oxygen atoms in total. The molecule has 0 aliphatic carbocycles. The summed E-state index contributed by atoms with van der Waals surface area (Å²) in [6.45, 7) is 0. The van der Waals surface area contributed by atoms with Crippen LogP contribution in [0.15, 0.2) is 36.4 Å². The van der Waals surface area contributed by atoms with E-state index in [0.29, 0.717) is 11.5 Å². The van der Waals surface area contributed by atoms with Gasteiger partial charge < -0.3 is 10.6 Å². The Bertz CT molecular complexity index is 743. The topological polar surface area (TPSA) is 54.0 Å². The van der Waals surface area contributed by atoms with Crippen molar-refractivity contribution in [2.75, 3.05) is 12.4 Å². The Morgan fingerprint density at radius 3 is 2.59 bits per heavy atom. The molecule has 0 fully saturated rings. The number of amides is 1. The van der Waals surface area contributed by atoms with Gasteiger partial charge in [-0.15, -0.1) is 0 Å². The van der Waals surface area contributed by atoms with Gasteiger partial charge in [0.05, 0.1) is 17.3 Å². The van der Waals surface area contributed by atoms with Crippen molar-refractivity contribution in [1.29, 1.82) is 0 Å². The van der Waals surface area contributed by atoms with E-state index in [1.807, 2.05) is 0 Å². The van der Waals surface area contributed by atoms with Crippen LogP contribution >= 0.6 is 0 Å². The van der Waals surface area contributed by atoms with Crippen molar-refractivity contribution in [3.8, 4) is 0 Å². The molecule has 0 saturated carbocycles. The lowest BCUT2D eigenvalue weighted by Gasteiger charge is -2.17. The van der Waals surface area contributed by atoms with Crippen molar-refractivity contribution in [2.24, 2.45) is 0 Å². The SMILES string of the molecule is CNc1cccc(C2NC(=O)c3cccc(C(F)(F)F)c32)n1. The molecule has 1 aromatic heterocycles. The van der Waals surface area contributed by atoms with Crippen LogP contribution in [-0.2, 0) is 6.18 Å². The molecule has 1 aliphatic heterocycles. The summed E-state index contributed by atoms with van der Waals surface area (Å²) in [4.78, 5) is 16.2. The van der Waals surface area contributed by atoms with Crippen LogP contribution in [0.1, 0.15) is 33.2 Å². The number of nitrogens with one attached hydrogen (secondary N) is 2. The molecular formula is C15H12F3N3O. The Labute approximate surface area is 124 Å². The first-order chi connectivity index (χ1) is 10.4. The summed E-state index contributed by atoms with van der Waals surface area (Å²) in [6, 6.07) is 7.66. The smallest absolute Gasteiger partial charge is 0.373 e. The molecule has 2 aromatic rings. The number of hydrogen-bond donors (Lipinski definition) is 2. The second-order valence-electron chi connectivity index (χ2n) is 4.87. The molecule has 3 rings (SSSR count). The molecule has 1 aromatic carbocycles. The zero-order chi connectivity index (χ0) is 15.9. The molecule has 7 heteroatoms. The molecule has 2 heterocycles. The lowest BCUT2D eigenvalue weighted by Crippen LogP contribution is -2.22. The number of carbonyl (C=O) groups excluding carboxylic acids is 1.